The van der Waals surface area contributed by atoms with Gasteiger partial charge in [0.2, 0.25) is 0 Å². The molecule has 86 valence electrons. The van der Waals surface area contributed by atoms with Crippen molar-refractivity contribution < 1.29 is 9.59 Å². The Balaban J connectivity index is 3.69. The molecule has 1 rings (SSSR count). The van der Waals surface area contributed by atoms with Crippen LogP contribution in [0.5, 0.6) is 0 Å². The molecule has 0 bridgehead atoms. The molecule has 0 aliphatic carbocycles. The lowest BCUT2D eigenvalue weighted by Gasteiger charge is -2.14. The molecule has 0 spiro atoms. The molecule has 0 amide bonds. The molecule has 0 radical (unpaired) electrons. The van der Waals surface area contributed by atoms with Crippen LogP contribution < -0.4 is 0 Å². The van der Waals surface area contributed by atoms with E-state index < -0.39 is 0 Å². The van der Waals surface area contributed by atoms with Crippen molar-refractivity contribution in [2.24, 2.45) is 0 Å². The van der Waals surface area contributed by atoms with Gasteiger partial charge >= 0.3 is 0 Å². The maximum Gasteiger partial charge on any atom is 0.161 e. The number of pyridine rings is 1. The molecular formula is C13H17NO2. The van der Waals surface area contributed by atoms with Crippen molar-refractivity contribution in [1.29, 1.82) is 0 Å². The Morgan fingerprint density at radius 2 is 1.38 bits per heavy atom. The normalized spacial score (nSPS) is 10.3. The minimum Gasteiger partial charge on any atom is -0.294 e. The summed E-state index contributed by atoms with van der Waals surface area (Å²) in [5.74, 6) is -0.0475. The number of carbonyl (C=O) groups excluding carboxylic acids is 2. The van der Waals surface area contributed by atoms with Crippen molar-refractivity contribution >= 4 is 11.6 Å². The monoisotopic (exact) mass is 219 g/mol. The van der Waals surface area contributed by atoms with Crippen LogP contribution in [0, 0.1) is 13.8 Å². The van der Waals surface area contributed by atoms with E-state index in [-0.39, 0.29) is 11.6 Å². The lowest BCUT2D eigenvalue weighted by atomic mass is 9.93. The second kappa shape index (κ2) is 4.56. The fourth-order valence-corrected chi connectivity index (χ4v) is 2.21. The van der Waals surface area contributed by atoms with Gasteiger partial charge in [0.15, 0.2) is 11.6 Å². The summed E-state index contributed by atoms with van der Waals surface area (Å²) in [7, 11) is 0. The van der Waals surface area contributed by atoms with Crippen LogP contribution >= 0.6 is 0 Å². The molecule has 16 heavy (non-hydrogen) atoms. The Morgan fingerprint density at radius 3 is 1.62 bits per heavy atom. The fraction of sp³-hybridized carbons (Fsp3) is 0.462. The van der Waals surface area contributed by atoms with Gasteiger partial charge in [0, 0.05) is 22.5 Å². The van der Waals surface area contributed by atoms with E-state index in [1.807, 2.05) is 20.8 Å². The number of ketones is 2. The van der Waals surface area contributed by atoms with Gasteiger partial charge in [0.1, 0.15) is 0 Å². The number of aryl methyl sites for hydroxylation is 2. The van der Waals surface area contributed by atoms with E-state index in [2.05, 4.69) is 4.98 Å². The van der Waals surface area contributed by atoms with Crippen LogP contribution in [0.1, 0.15) is 58.4 Å². The maximum atomic E-state index is 11.6. The molecule has 0 atom stereocenters. The van der Waals surface area contributed by atoms with Crippen molar-refractivity contribution in [3.8, 4) is 0 Å². The lowest BCUT2D eigenvalue weighted by Crippen LogP contribution is -2.13. The first kappa shape index (κ1) is 12.6. The second-order valence-corrected chi connectivity index (χ2v) is 3.98. The van der Waals surface area contributed by atoms with E-state index in [1.165, 1.54) is 13.8 Å². The Hall–Kier alpha value is -1.51. The highest BCUT2D eigenvalue weighted by molar-refractivity contribution is 6.03. The molecule has 0 aromatic carbocycles. The summed E-state index contributed by atoms with van der Waals surface area (Å²) >= 11 is 0. The van der Waals surface area contributed by atoms with Crippen molar-refractivity contribution in [2.45, 2.75) is 41.0 Å². The number of hydrogen-bond donors (Lipinski definition) is 0. The minimum absolute atomic E-state index is 0.0237. The van der Waals surface area contributed by atoms with Gasteiger partial charge in [-0.2, -0.15) is 0 Å². The standard InChI is InChI=1S/C13H17NO2/c1-6-11-12(9(4)15)7(2)14-8(3)13(11)10(5)16/h6H2,1-5H3. The molecule has 3 heteroatoms. The number of nitrogens with zero attached hydrogens (tertiary/aromatic N) is 1. The highest BCUT2D eigenvalue weighted by Crippen LogP contribution is 2.22. The quantitative estimate of drug-likeness (QED) is 0.734. The van der Waals surface area contributed by atoms with Crippen LogP contribution in [0.25, 0.3) is 0 Å². The maximum absolute atomic E-state index is 11.6. The Labute approximate surface area is 95.9 Å². The molecular weight excluding hydrogens is 202 g/mol. The van der Waals surface area contributed by atoms with Crippen LogP contribution in [0.15, 0.2) is 0 Å². The van der Waals surface area contributed by atoms with Crippen molar-refractivity contribution in [3.05, 3.63) is 28.1 Å². The first-order chi connectivity index (χ1) is 7.40. The van der Waals surface area contributed by atoms with E-state index >= 15 is 0 Å². The summed E-state index contributed by atoms with van der Waals surface area (Å²) < 4.78 is 0. The summed E-state index contributed by atoms with van der Waals surface area (Å²) in [4.78, 5) is 27.4. The van der Waals surface area contributed by atoms with E-state index in [4.69, 9.17) is 0 Å². The zero-order valence-corrected chi connectivity index (χ0v) is 10.5. The Kier molecular flexibility index (Phi) is 3.58. The van der Waals surface area contributed by atoms with Gasteiger partial charge in [-0.25, -0.2) is 0 Å². The van der Waals surface area contributed by atoms with Crippen molar-refractivity contribution in [1.82, 2.24) is 4.98 Å². The zero-order valence-electron chi connectivity index (χ0n) is 10.5. The van der Waals surface area contributed by atoms with Crippen LogP contribution in [0.2, 0.25) is 0 Å². The van der Waals surface area contributed by atoms with Gasteiger partial charge in [-0.05, 0) is 39.7 Å². The highest BCUT2D eigenvalue weighted by atomic mass is 16.1. The molecule has 1 aromatic heterocycles. The molecule has 1 aromatic rings. The number of rotatable bonds is 3. The van der Waals surface area contributed by atoms with Gasteiger partial charge in [-0.15, -0.1) is 0 Å². The number of Topliss-reactive ketones (excluding diaryl/α,β-unsaturated/α-hetero) is 2. The van der Waals surface area contributed by atoms with Gasteiger partial charge in [0.05, 0.1) is 0 Å². The van der Waals surface area contributed by atoms with Gasteiger partial charge in [0.25, 0.3) is 0 Å². The Morgan fingerprint density at radius 1 is 1.00 bits per heavy atom. The molecule has 0 N–H and O–H groups in total. The summed E-state index contributed by atoms with van der Waals surface area (Å²) in [6.45, 7) is 8.61. The van der Waals surface area contributed by atoms with Crippen LogP contribution in [-0.2, 0) is 6.42 Å². The first-order valence-electron chi connectivity index (χ1n) is 5.42. The molecule has 0 saturated carbocycles. The van der Waals surface area contributed by atoms with E-state index in [0.29, 0.717) is 28.9 Å². The number of carbonyl (C=O) groups is 2. The lowest BCUT2D eigenvalue weighted by molar-refractivity contribution is 0.101. The predicted molar refractivity (Wildman–Crippen MR) is 63.1 cm³/mol. The molecule has 0 unspecified atom stereocenters. The average Bonchev–Trinajstić information content (AvgIpc) is 2.14. The van der Waals surface area contributed by atoms with E-state index in [1.54, 1.807) is 0 Å². The van der Waals surface area contributed by atoms with Crippen molar-refractivity contribution in [3.63, 3.8) is 0 Å². The summed E-state index contributed by atoms with van der Waals surface area (Å²) in [5.41, 5.74) is 3.49. The van der Waals surface area contributed by atoms with Crippen LogP contribution in [0.4, 0.5) is 0 Å². The van der Waals surface area contributed by atoms with Crippen LogP contribution in [-0.4, -0.2) is 16.6 Å². The zero-order chi connectivity index (χ0) is 12.5. The third kappa shape index (κ3) is 2.03. The van der Waals surface area contributed by atoms with E-state index in [9.17, 15) is 9.59 Å². The third-order valence-electron chi connectivity index (χ3n) is 2.72. The third-order valence-corrected chi connectivity index (χ3v) is 2.72. The SMILES string of the molecule is CCc1c(C(C)=O)c(C)nc(C)c1C(C)=O. The average molecular weight is 219 g/mol. The summed E-state index contributed by atoms with van der Waals surface area (Å²) in [5, 5.41) is 0. The van der Waals surface area contributed by atoms with Gasteiger partial charge < -0.3 is 0 Å². The number of hydrogen-bond acceptors (Lipinski definition) is 3. The fourth-order valence-electron chi connectivity index (χ4n) is 2.21. The Bertz CT molecular complexity index is 423. The van der Waals surface area contributed by atoms with Gasteiger partial charge in [-0.1, -0.05) is 6.92 Å². The second-order valence-electron chi connectivity index (χ2n) is 3.98. The number of aromatic nitrogens is 1. The smallest absolute Gasteiger partial charge is 0.161 e. The molecule has 0 saturated heterocycles. The summed E-state index contributed by atoms with van der Waals surface area (Å²) in [6, 6.07) is 0. The summed E-state index contributed by atoms with van der Waals surface area (Å²) in [6.07, 6.45) is 0.675. The molecule has 3 nitrogen and oxygen atoms in total. The molecule has 0 fully saturated rings. The first-order valence-corrected chi connectivity index (χ1v) is 5.42. The molecule has 0 aliphatic heterocycles. The minimum atomic E-state index is -0.0237. The topological polar surface area (TPSA) is 47.0 Å². The van der Waals surface area contributed by atoms with E-state index in [0.717, 1.165) is 5.56 Å². The highest BCUT2D eigenvalue weighted by Gasteiger charge is 2.19. The largest absolute Gasteiger partial charge is 0.294 e. The molecule has 0 aliphatic rings. The van der Waals surface area contributed by atoms with Gasteiger partial charge in [-0.3, -0.25) is 14.6 Å². The molecule has 1 heterocycles. The van der Waals surface area contributed by atoms with Crippen molar-refractivity contribution in [2.75, 3.05) is 0 Å². The van der Waals surface area contributed by atoms with Crippen LogP contribution in [0.3, 0.4) is 0 Å². The predicted octanol–water partition coefficient (Wildman–Crippen LogP) is 2.67.